The SMILES string of the molecule is CC.CC.N/C=C\C=Nc1cccc(-c2ccc(-c3cc(C(=NC4=CCCCC(C5=CCCC=C5)=C4)c4ccccc4)cc(-c4ccccn4)c3)cc2)c1. The molecule has 0 radical (unpaired) electrons. The van der Waals surface area contributed by atoms with Crippen molar-refractivity contribution in [1.29, 1.82) is 0 Å². The number of rotatable bonds is 9. The molecule has 0 atom stereocenters. The van der Waals surface area contributed by atoms with Crippen molar-refractivity contribution < 1.29 is 0 Å². The number of allylic oxidation sites excluding steroid dienone is 8. The standard InChI is InChI=1S/C46H40N4.2C2H6/c47-26-12-28-48-43-20-11-18-39(32-43)35-22-24-36(25-23-35)40-29-41(45-21-9-10-27-49-45)31-42(30-40)46(37-15-5-2-6-16-37)50-44-19-8-7-17-38(33-44)34-13-3-1-4-14-34;2*1-2/h2-3,5-6,9-16,18-33H,1,4,7-8,17,47H2;2*1-2H3/b26-12-,48-28?,50-46?;;. The molecular weight excluding hydrogens is 657 g/mol. The van der Waals surface area contributed by atoms with E-state index < -0.39 is 0 Å². The molecule has 5 aromatic rings. The molecule has 0 fully saturated rings. The van der Waals surface area contributed by atoms with Crippen LogP contribution >= 0.6 is 0 Å². The molecule has 0 bridgehead atoms. The zero-order valence-electron chi connectivity index (χ0n) is 32.1. The predicted octanol–water partition coefficient (Wildman–Crippen LogP) is 13.4. The lowest BCUT2D eigenvalue weighted by Crippen LogP contribution is -2.05. The molecule has 7 rings (SSSR count). The van der Waals surface area contributed by atoms with Gasteiger partial charge in [0, 0.05) is 29.1 Å². The third kappa shape index (κ3) is 10.5. The molecule has 1 aromatic heterocycles. The summed E-state index contributed by atoms with van der Waals surface area (Å²) in [5.41, 5.74) is 19.6. The summed E-state index contributed by atoms with van der Waals surface area (Å²) >= 11 is 0. The van der Waals surface area contributed by atoms with Crippen LogP contribution in [0.5, 0.6) is 0 Å². The topological polar surface area (TPSA) is 63.6 Å². The van der Waals surface area contributed by atoms with Gasteiger partial charge in [0.2, 0.25) is 0 Å². The van der Waals surface area contributed by atoms with Crippen LogP contribution in [0.3, 0.4) is 0 Å². The molecule has 2 aliphatic rings. The third-order valence-corrected chi connectivity index (χ3v) is 8.97. The van der Waals surface area contributed by atoms with E-state index in [0.29, 0.717) is 0 Å². The fourth-order valence-corrected chi connectivity index (χ4v) is 6.44. The average Bonchev–Trinajstić information content (AvgIpc) is 3.51. The highest BCUT2D eigenvalue weighted by Crippen LogP contribution is 2.33. The number of aromatic nitrogens is 1. The van der Waals surface area contributed by atoms with Gasteiger partial charge in [-0.25, -0.2) is 4.99 Å². The van der Waals surface area contributed by atoms with Gasteiger partial charge in [0.25, 0.3) is 0 Å². The summed E-state index contributed by atoms with van der Waals surface area (Å²) in [6.07, 6.45) is 23.7. The first kappa shape index (κ1) is 39.1. The van der Waals surface area contributed by atoms with Crippen molar-refractivity contribution >= 4 is 17.6 Å². The van der Waals surface area contributed by atoms with E-state index in [2.05, 4.69) is 126 Å². The Labute approximate surface area is 322 Å². The van der Waals surface area contributed by atoms with Gasteiger partial charge in [0.15, 0.2) is 0 Å². The van der Waals surface area contributed by atoms with Gasteiger partial charge >= 0.3 is 0 Å². The number of benzene rings is 4. The smallest absolute Gasteiger partial charge is 0.0781 e. The van der Waals surface area contributed by atoms with Crippen molar-refractivity contribution in [2.24, 2.45) is 15.7 Å². The maximum Gasteiger partial charge on any atom is 0.0781 e. The zero-order chi connectivity index (χ0) is 38.0. The minimum atomic E-state index is 0.878. The van der Waals surface area contributed by atoms with Crippen molar-refractivity contribution in [1.82, 2.24) is 4.98 Å². The van der Waals surface area contributed by atoms with Crippen molar-refractivity contribution in [2.75, 3.05) is 0 Å². The summed E-state index contributed by atoms with van der Waals surface area (Å²) < 4.78 is 0. The molecule has 2 N–H and O–H groups in total. The molecule has 0 unspecified atom stereocenters. The fraction of sp³-hybridized carbons (Fsp3) is 0.180. The Balaban J connectivity index is 0.00000136. The zero-order valence-corrected chi connectivity index (χ0v) is 32.1. The monoisotopic (exact) mass is 708 g/mol. The van der Waals surface area contributed by atoms with Crippen LogP contribution < -0.4 is 5.73 Å². The van der Waals surface area contributed by atoms with Crippen LogP contribution in [0.15, 0.2) is 191 Å². The normalized spacial score (nSPS) is 14.2. The number of nitrogens with zero attached hydrogens (tertiary/aromatic N) is 3. The number of pyridine rings is 1. The molecule has 0 saturated carbocycles. The molecule has 0 aliphatic heterocycles. The van der Waals surface area contributed by atoms with Crippen molar-refractivity contribution in [3.8, 4) is 33.5 Å². The average molecular weight is 709 g/mol. The van der Waals surface area contributed by atoms with E-state index in [1.165, 1.54) is 17.3 Å². The molecule has 4 aromatic carbocycles. The highest BCUT2D eigenvalue weighted by atomic mass is 14.8. The van der Waals surface area contributed by atoms with Crippen molar-refractivity contribution in [3.63, 3.8) is 0 Å². The van der Waals surface area contributed by atoms with Crippen LogP contribution in [0, 0.1) is 0 Å². The van der Waals surface area contributed by atoms with Gasteiger partial charge in [-0.2, -0.15) is 0 Å². The van der Waals surface area contributed by atoms with E-state index in [4.69, 9.17) is 15.7 Å². The van der Waals surface area contributed by atoms with Crippen LogP contribution in [0.4, 0.5) is 5.69 Å². The predicted molar refractivity (Wildman–Crippen MR) is 233 cm³/mol. The minimum Gasteiger partial charge on any atom is -0.405 e. The Morgan fingerprint density at radius 1 is 0.667 bits per heavy atom. The van der Waals surface area contributed by atoms with Gasteiger partial charge in [0.05, 0.1) is 22.8 Å². The Kier molecular flexibility index (Phi) is 15.0. The van der Waals surface area contributed by atoms with Gasteiger partial charge in [-0.3, -0.25) is 9.98 Å². The highest BCUT2D eigenvalue weighted by molar-refractivity contribution is 6.14. The summed E-state index contributed by atoms with van der Waals surface area (Å²) in [6.45, 7) is 8.00. The Morgan fingerprint density at radius 3 is 2.15 bits per heavy atom. The molecule has 0 spiro atoms. The van der Waals surface area contributed by atoms with Crippen molar-refractivity contribution in [2.45, 2.75) is 59.8 Å². The fourth-order valence-electron chi connectivity index (χ4n) is 6.44. The van der Waals surface area contributed by atoms with Gasteiger partial charge in [-0.05, 0) is 126 Å². The molecule has 0 saturated heterocycles. The second-order valence-electron chi connectivity index (χ2n) is 12.5. The largest absolute Gasteiger partial charge is 0.405 e. The van der Waals surface area contributed by atoms with Gasteiger partial charge < -0.3 is 5.73 Å². The number of hydrogen-bond donors (Lipinski definition) is 1. The summed E-state index contributed by atoms with van der Waals surface area (Å²) in [5.74, 6) is 0. The lowest BCUT2D eigenvalue weighted by atomic mass is 9.92. The third-order valence-electron chi connectivity index (χ3n) is 8.97. The van der Waals surface area contributed by atoms with E-state index in [1.807, 2.05) is 58.2 Å². The summed E-state index contributed by atoms with van der Waals surface area (Å²) in [5, 5.41) is 0. The van der Waals surface area contributed by atoms with Crippen LogP contribution in [0.2, 0.25) is 0 Å². The van der Waals surface area contributed by atoms with Gasteiger partial charge in [0.1, 0.15) is 0 Å². The molecule has 1 heterocycles. The summed E-state index contributed by atoms with van der Waals surface area (Å²) in [4.78, 5) is 14.7. The lowest BCUT2D eigenvalue weighted by molar-refractivity contribution is 0.844. The first-order valence-corrected chi connectivity index (χ1v) is 19.3. The number of nitrogens with two attached hydrogens (primary N) is 1. The lowest BCUT2D eigenvalue weighted by Gasteiger charge is -2.14. The first-order chi connectivity index (χ1) is 26.7. The molecular formula is C50H52N4. The van der Waals surface area contributed by atoms with Crippen molar-refractivity contribution in [3.05, 3.63) is 192 Å². The van der Waals surface area contributed by atoms with E-state index in [0.717, 1.165) is 93.8 Å². The number of aliphatic imine (C=N–C) groups is 2. The van der Waals surface area contributed by atoms with Gasteiger partial charge in [-0.15, -0.1) is 0 Å². The van der Waals surface area contributed by atoms with Crippen LogP contribution in [-0.4, -0.2) is 16.9 Å². The molecule has 4 nitrogen and oxygen atoms in total. The molecule has 4 heteroatoms. The van der Waals surface area contributed by atoms with E-state index >= 15 is 0 Å². The molecule has 272 valence electrons. The highest BCUT2D eigenvalue weighted by Gasteiger charge is 2.15. The summed E-state index contributed by atoms with van der Waals surface area (Å²) in [6, 6.07) is 40.3. The van der Waals surface area contributed by atoms with E-state index in [1.54, 1.807) is 12.3 Å². The van der Waals surface area contributed by atoms with Crippen LogP contribution in [-0.2, 0) is 0 Å². The molecule has 54 heavy (non-hydrogen) atoms. The maximum absolute atomic E-state index is 5.46. The Hall–Kier alpha value is -6.13. The quantitative estimate of drug-likeness (QED) is 0.155. The number of hydrogen-bond acceptors (Lipinski definition) is 4. The van der Waals surface area contributed by atoms with E-state index in [-0.39, 0.29) is 0 Å². The van der Waals surface area contributed by atoms with Crippen LogP contribution in [0.25, 0.3) is 33.5 Å². The Bertz CT molecular complexity index is 2160. The molecule has 2 aliphatic carbocycles. The second kappa shape index (κ2) is 20.8. The van der Waals surface area contributed by atoms with Crippen LogP contribution in [0.1, 0.15) is 70.9 Å². The first-order valence-electron chi connectivity index (χ1n) is 19.3. The van der Waals surface area contributed by atoms with Gasteiger partial charge in [-0.1, -0.05) is 125 Å². The Morgan fingerprint density at radius 2 is 1.43 bits per heavy atom. The second-order valence-corrected chi connectivity index (χ2v) is 12.5. The summed E-state index contributed by atoms with van der Waals surface area (Å²) in [7, 11) is 0. The minimum absolute atomic E-state index is 0.878. The maximum atomic E-state index is 5.46. The molecule has 0 amide bonds. The van der Waals surface area contributed by atoms with E-state index in [9.17, 15) is 0 Å².